The van der Waals surface area contributed by atoms with Gasteiger partial charge in [0.15, 0.2) is 0 Å². The zero-order valence-corrected chi connectivity index (χ0v) is 10.9. The van der Waals surface area contributed by atoms with E-state index in [0.717, 1.165) is 51.3 Å². The van der Waals surface area contributed by atoms with E-state index in [1.807, 2.05) is 10.9 Å². The molecule has 2 rings (SSSR count). The first-order chi connectivity index (χ1) is 8.18. The average Bonchev–Trinajstić information content (AvgIpc) is 2.79. The molecular weight excluding hydrogens is 214 g/mol. The minimum absolute atomic E-state index is 0.319. The van der Waals surface area contributed by atoms with Crippen molar-refractivity contribution in [1.82, 2.24) is 15.0 Å². The molecule has 1 aliphatic rings. The Balaban J connectivity index is 2.02. The first-order valence-electron chi connectivity index (χ1n) is 6.52. The third-order valence-electron chi connectivity index (χ3n) is 3.82. The molecule has 96 valence electrons. The van der Waals surface area contributed by atoms with Gasteiger partial charge in [0.25, 0.3) is 0 Å². The number of nitrogens with zero attached hydrogens (tertiary/aromatic N) is 4. The molecule has 0 spiro atoms. The summed E-state index contributed by atoms with van der Waals surface area (Å²) in [5, 5.41) is 8.16. The van der Waals surface area contributed by atoms with Crippen LogP contribution in [0.25, 0.3) is 0 Å². The molecule has 1 aliphatic heterocycles. The summed E-state index contributed by atoms with van der Waals surface area (Å²) in [4.78, 5) is 2.38. The summed E-state index contributed by atoms with van der Waals surface area (Å²) in [6.45, 7) is 8.29. The molecule has 0 aliphatic carbocycles. The molecule has 0 radical (unpaired) electrons. The van der Waals surface area contributed by atoms with E-state index < -0.39 is 0 Å². The lowest BCUT2D eigenvalue weighted by atomic mass is 9.80. The fourth-order valence-electron chi connectivity index (χ4n) is 2.35. The lowest BCUT2D eigenvalue weighted by Gasteiger charge is -2.39. The molecule has 1 aromatic heterocycles. The second-order valence-electron chi connectivity index (χ2n) is 5.32. The number of piperidine rings is 1. The Kier molecular flexibility index (Phi) is 3.66. The highest BCUT2D eigenvalue weighted by Crippen LogP contribution is 2.31. The van der Waals surface area contributed by atoms with Crippen molar-refractivity contribution in [2.24, 2.45) is 11.1 Å². The summed E-state index contributed by atoms with van der Waals surface area (Å²) in [6, 6.07) is 0. The van der Waals surface area contributed by atoms with Crippen molar-refractivity contribution in [2.45, 2.75) is 39.7 Å². The number of aryl methyl sites for hydroxylation is 1. The van der Waals surface area contributed by atoms with Crippen molar-refractivity contribution in [3.63, 3.8) is 0 Å². The highest BCUT2D eigenvalue weighted by molar-refractivity contribution is 5.36. The van der Waals surface area contributed by atoms with Gasteiger partial charge < -0.3 is 10.6 Å². The Morgan fingerprint density at radius 2 is 2.12 bits per heavy atom. The van der Waals surface area contributed by atoms with Crippen molar-refractivity contribution in [2.75, 3.05) is 24.5 Å². The van der Waals surface area contributed by atoms with E-state index in [2.05, 4.69) is 29.1 Å². The number of hydrogen-bond acceptors (Lipinski definition) is 4. The average molecular weight is 237 g/mol. The number of hydrogen-bond donors (Lipinski definition) is 1. The molecule has 0 bridgehead atoms. The summed E-state index contributed by atoms with van der Waals surface area (Å²) in [5.41, 5.74) is 6.15. The Morgan fingerprint density at radius 1 is 1.41 bits per heavy atom. The second-order valence-corrected chi connectivity index (χ2v) is 5.32. The van der Waals surface area contributed by atoms with Crippen molar-refractivity contribution < 1.29 is 0 Å². The molecule has 0 atom stereocenters. The van der Waals surface area contributed by atoms with Gasteiger partial charge in [0.1, 0.15) is 5.82 Å². The molecule has 5 nitrogen and oxygen atoms in total. The zero-order valence-electron chi connectivity index (χ0n) is 10.9. The van der Waals surface area contributed by atoms with E-state index in [1.165, 1.54) is 0 Å². The SMILES string of the molecule is CCCn1nncc1N1CCC(C)(CN)CC1. The molecule has 5 heteroatoms. The van der Waals surface area contributed by atoms with Gasteiger partial charge in [-0.3, -0.25) is 0 Å². The van der Waals surface area contributed by atoms with Gasteiger partial charge in [-0.15, -0.1) is 5.10 Å². The minimum atomic E-state index is 0.319. The predicted molar refractivity (Wildman–Crippen MR) is 68.9 cm³/mol. The topological polar surface area (TPSA) is 60.0 Å². The van der Waals surface area contributed by atoms with Gasteiger partial charge in [-0.25, -0.2) is 4.68 Å². The Morgan fingerprint density at radius 3 is 2.71 bits per heavy atom. The van der Waals surface area contributed by atoms with Crippen LogP contribution in [0.2, 0.25) is 0 Å². The molecule has 0 aromatic carbocycles. The van der Waals surface area contributed by atoms with Crippen molar-refractivity contribution in [3.8, 4) is 0 Å². The normalized spacial score (nSPS) is 19.6. The van der Waals surface area contributed by atoms with Crippen LogP contribution in [0.4, 0.5) is 5.82 Å². The van der Waals surface area contributed by atoms with Crippen LogP contribution < -0.4 is 10.6 Å². The summed E-state index contributed by atoms with van der Waals surface area (Å²) in [5.74, 6) is 1.16. The van der Waals surface area contributed by atoms with Gasteiger partial charge in [-0.2, -0.15) is 0 Å². The van der Waals surface area contributed by atoms with E-state index >= 15 is 0 Å². The summed E-state index contributed by atoms with van der Waals surface area (Å²) in [7, 11) is 0. The molecule has 1 fully saturated rings. The minimum Gasteiger partial charge on any atom is -0.355 e. The van der Waals surface area contributed by atoms with Crippen LogP contribution in [0.15, 0.2) is 6.20 Å². The van der Waals surface area contributed by atoms with Gasteiger partial charge in [-0.1, -0.05) is 19.1 Å². The van der Waals surface area contributed by atoms with Crippen molar-refractivity contribution in [1.29, 1.82) is 0 Å². The number of anilines is 1. The Hall–Kier alpha value is -1.10. The maximum Gasteiger partial charge on any atom is 0.147 e. The Bertz CT molecular complexity index is 352. The van der Waals surface area contributed by atoms with Crippen LogP contribution in [0.3, 0.4) is 0 Å². The third-order valence-corrected chi connectivity index (χ3v) is 3.82. The third kappa shape index (κ3) is 2.60. The molecule has 2 heterocycles. The first-order valence-corrected chi connectivity index (χ1v) is 6.52. The standard InChI is InChI=1S/C12H23N5/c1-3-6-17-11(9-14-15-17)16-7-4-12(2,10-13)5-8-16/h9H,3-8,10,13H2,1-2H3. The number of rotatable bonds is 4. The van der Waals surface area contributed by atoms with E-state index in [4.69, 9.17) is 5.73 Å². The van der Waals surface area contributed by atoms with E-state index in [0.29, 0.717) is 5.41 Å². The Labute approximate surface area is 103 Å². The summed E-state index contributed by atoms with van der Waals surface area (Å²) in [6.07, 6.45) is 5.27. The molecule has 2 N–H and O–H groups in total. The van der Waals surface area contributed by atoms with Crippen LogP contribution in [-0.4, -0.2) is 34.6 Å². The van der Waals surface area contributed by atoms with Crippen LogP contribution in [0.5, 0.6) is 0 Å². The maximum absolute atomic E-state index is 5.83. The van der Waals surface area contributed by atoms with Crippen LogP contribution >= 0.6 is 0 Å². The van der Waals surface area contributed by atoms with E-state index in [-0.39, 0.29) is 0 Å². The highest BCUT2D eigenvalue weighted by atomic mass is 15.5. The van der Waals surface area contributed by atoms with Crippen molar-refractivity contribution in [3.05, 3.63) is 6.20 Å². The summed E-state index contributed by atoms with van der Waals surface area (Å²) >= 11 is 0. The number of nitrogens with two attached hydrogens (primary N) is 1. The molecule has 1 aromatic rings. The van der Waals surface area contributed by atoms with Gasteiger partial charge in [0.2, 0.25) is 0 Å². The van der Waals surface area contributed by atoms with Gasteiger partial charge >= 0.3 is 0 Å². The quantitative estimate of drug-likeness (QED) is 0.856. The molecule has 17 heavy (non-hydrogen) atoms. The monoisotopic (exact) mass is 237 g/mol. The molecular formula is C12H23N5. The molecule has 0 amide bonds. The summed E-state index contributed by atoms with van der Waals surface area (Å²) < 4.78 is 2.01. The largest absolute Gasteiger partial charge is 0.355 e. The predicted octanol–water partition coefficient (Wildman–Crippen LogP) is 1.25. The lowest BCUT2D eigenvalue weighted by Crippen LogP contribution is -2.43. The number of aromatic nitrogens is 3. The van der Waals surface area contributed by atoms with Gasteiger partial charge in [-0.05, 0) is 31.2 Å². The van der Waals surface area contributed by atoms with Gasteiger partial charge in [0, 0.05) is 19.6 Å². The molecule has 1 saturated heterocycles. The lowest BCUT2D eigenvalue weighted by molar-refractivity contribution is 0.256. The van der Waals surface area contributed by atoms with E-state index in [9.17, 15) is 0 Å². The second kappa shape index (κ2) is 5.04. The zero-order chi connectivity index (χ0) is 12.3. The van der Waals surface area contributed by atoms with Crippen molar-refractivity contribution >= 4 is 5.82 Å². The molecule has 0 unspecified atom stereocenters. The van der Waals surface area contributed by atoms with Crippen LogP contribution in [0, 0.1) is 5.41 Å². The molecule has 0 saturated carbocycles. The van der Waals surface area contributed by atoms with Crippen LogP contribution in [-0.2, 0) is 6.54 Å². The fraction of sp³-hybridized carbons (Fsp3) is 0.833. The maximum atomic E-state index is 5.83. The highest BCUT2D eigenvalue weighted by Gasteiger charge is 2.29. The smallest absolute Gasteiger partial charge is 0.147 e. The van der Waals surface area contributed by atoms with E-state index in [1.54, 1.807) is 0 Å². The first kappa shape index (κ1) is 12.4. The van der Waals surface area contributed by atoms with Gasteiger partial charge in [0.05, 0.1) is 6.20 Å². The fourth-order valence-corrected chi connectivity index (χ4v) is 2.35. The van der Waals surface area contributed by atoms with Crippen LogP contribution in [0.1, 0.15) is 33.1 Å².